The number of amides is 2. The lowest BCUT2D eigenvalue weighted by atomic mass is 10.0. The number of aromatic nitrogens is 2. The van der Waals surface area contributed by atoms with Gasteiger partial charge in [-0.05, 0) is 24.6 Å². The smallest absolute Gasteiger partial charge is 0.384 e. The third-order valence-corrected chi connectivity index (χ3v) is 3.30. The summed E-state index contributed by atoms with van der Waals surface area (Å²) in [5.74, 6) is -0.733. The Hall–Kier alpha value is -3.17. The number of halogens is 3. The van der Waals surface area contributed by atoms with Crippen molar-refractivity contribution in [3.63, 3.8) is 0 Å². The molecule has 10 heteroatoms. The van der Waals surface area contributed by atoms with Crippen molar-refractivity contribution in [1.29, 1.82) is 0 Å². The van der Waals surface area contributed by atoms with Crippen molar-refractivity contribution >= 4 is 23.5 Å². The first kappa shape index (κ1) is 19.2. The molecule has 26 heavy (non-hydrogen) atoms. The minimum absolute atomic E-state index is 0.0795. The normalized spacial score (nSPS) is 11.1. The van der Waals surface area contributed by atoms with Gasteiger partial charge in [0.15, 0.2) is 0 Å². The number of benzene rings is 1. The maximum absolute atomic E-state index is 13.3. The van der Waals surface area contributed by atoms with Crippen LogP contribution in [-0.4, -0.2) is 21.8 Å². The van der Waals surface area contributed by atoms with Crippen LogP contribution in [0.4, 0.5) is 24.8 Å². The van der Waals surface area contributed by atoms with Crippen LogP contribution < -0.4 is 16.4 Å². The van der Waals surface area contributed by atoms with Gasteiger partial charge < -0.3 is 16.4 Å². The van der Waals surface area contributed by atoms with E-state index in [2.05, 4.69) is 20.6 Å². The highest BCUT2D eigenvalue weighted by Crippen LogP contribution is 2.33. The van der Waals surface area contributed by atoms with Crippen molar-refractivity contribution in [3.8, 4) is 0 Å². The number of nitrogens with one attached hydrogen (secondary N) is 2. The van der Waals surface area contributed by atoms with E-state index in [0.717, 1.165) is 12.1 Å². The fraction of sp³-hybridized carbons (Fsp3) is 0.250. The first-order valence-corrected chi connectivity index (χ1v) is 7.43. The number of nitrogens with two attached hydrogens (primary N) is 1. The lowest BCUT2D eigenvalue weighted by molar-refractivity contribution is -0.138. The molecule has 0 saturated carbocycles. The Balaban J connectivity index is 2.31. The van der Waals surface area contributed by atoms with Gasteiger partial charge >= 0.3 is 6.18 Å². The van der Waals surface area contributed by atoms with Crippen LogP contribution in [0.3, 0.4) is 0 Å². The Kier molecular flexibility index (Phi) is 5.44. The largest absolute Gasteiger partial charge is 0.416 e. The number of nitrogens with zero attached hydrogens (tertiary/aromatic N) is 2. The van der Waals surface area contributed by atoms with E-state index in [1.807, 2.05) is 0 Å². The third-order valence-electron chi connectivity index (χ3n) is 3.30. The highest BCUT2D eigenvalue weighted by molar-refractivity contribution is 6.04. The maximum Gasteiger partial charge on any atom is 0.416 e. The second-order valence-electron chi connectivity index (χ2n) is 5.46. The summed E-state index contributed by atoms with van der Waals surface area (Å²) < 4.78 is 39.8. The van der Waals surface area contributed by atoms with Crippen LogP contribution in [0.25, 0.3) is 0 Å². The summed E-state index contributed by atoms with van der Waals surface area (Å²) in [7, 11) is 0. The van der Waals surface area contributed by atoms with Gasteiger partial charge in [0.05, 0.1) is 5.56 Å². The van der Waals surface area contributed by atoms with Crippen LogP contribution >= 0.6 is 0 Å². The fourth-order valence-electron chi connectivity index (χ4n) is 2.20. The van der Waals surface area contributed by atoms with Crippen LogP contribution in [0.15, 0.2) is 24.3 Å². The number of anilines is 2. The van der Waals surface area contributed by atoms with Crippen molar-refractivity contribution in [1.82, 2.24) is 15.3 Å². The van der Waals surface area contributed by atoms with Crippen LogP contribution in [0, 0.1) is 6.92 Å². The van der Waals surface area contributed by atoms with Crippen LogP contribution in [0.2, 0.25) is 0 Å². The molecule has 0 fully saturated rings. The maximum atomic E-state index is 13.3. The summed E-state index contributed by atoms with van der Waals surface area (Å²) in [6.07, 6.45) is -4.68. The molecule has 0 spiro atoms. The quantitative estimate of drug-likeness (QED) is 0.768. The van der Waals surface area contributed by atoms with E-state index in [1.54, 1.807) is 6.92 Å². The molecule has 0 radical (unpaired) electrons. The Morgan fingerprint density at radius 1 is 1.19 bits per heavy atom. The molecule has 1 aromatic carbocycles. The lowest BCUT2D eigenvalue weighted by Crippen LogP contribution is -2.22. The van der Waals surface area contributed by atoms with Crippen molar-refractivity contribution in [2.24, 2.45) is 0 Å². The predicted molar refractivity (Wildman–Crippen MR) is 88.1 cm³/mol. The Morgan fingerprint density at radius 3 is 2.46 bits per heavy atom. The van der Waals surface area contributed by atoms with Gasteiger partial charge in [0.25, 0.3) is 5.91 Å². The van der Waals surface area contributed by atoms with Gasteiger partial charge in [-0.25, -0.2) is 9.97 Å². The average molecular weight is 367 g/mol. The van der Waals surface area contributed by atoms with Crippen molar-refractivity contribution in [3.05, 3.63) is 46.8 Å². The molecular formula is C16H16F3N5O2. The highest BCUT2D eigenvalue weighted by atomic mass is 19.4. The summed E-state index contributed by atoms with van der Waals surface area (Å²) in [5, 5.41) is 4.69. The number of nitrogen functional groups attached to an aromatic ring is 1. The molecule has 2 rings (SSSR count). The van der Waals surface area contributed by atoms with Crippen LogP contribution in [0.1, 0.15) is 34.2 Å². The minimum atomic E-state index is -4.68. The number of alkyl halides is 3. The summed E-state index contributed by atoms with van der Waals surface area (Å²) in [4.78, 5) is 31.0. The monoisotopic (exact) mass is 367 g/mol. The molecule has 2 amide bonds. The second-order valence-corrected chi connectivity index (χ2v) is 5.46. The van der Waals surface area contributed by atoms with E-state index < -0.39 is 23.6 Å². The van der Waals surface area contributed by atoms with Crippen LogP contribution in [-0.2, 0) is 17.5 Å². The van der Waals surface area contributed by atoms with Gasteiger partial charge in [0, 0.05) is 25.1 Å². The zero-order valence-electron chi connectivity index (χ0n) is 13.9. The van der Waals surface area contributed by atoms with Gasteiger partial charge in [-0.15, -0.1) is 0 Å². The van der Waals surface area contributed by atoms with Crippen molar-refractivity contribution in [2.75, 3.05) is 11.1 Å². The average Bonchev–Trinajstić information content (AvgIpc) is 2.50. The first-order chi connectivity index (χ1) is 12.1. The molecule has 7 nitrogen and oxygen atoms in total. The molecule has 0 bridgehead atoms. The number of aryl methyl sites for hydroxylation is 1. The van der Waals surface area contributed by atoms with E-state index in [0.29, 0.717) is 5.82 Å². The first-order valence-electron chi connectivity index (χ1n) is 7.43. The molecule has 0 unspecified atom stereocenters. The highest BCUT2D eigenvalue weighted by Gasteiger charge is 2.34. The summed E-state index contributed by atoms with van der Waals surface area (Å²) in [5.41, 5.74) is 4.19. The van der Waals surface area contributed by atoms with Crippen molar-refractivity contribution < 1.29 is 22.8 Å². The third kappa shape index (κ3) is 4.91. The number of carbonyl (C=O) groups excluding carboxylic acids is 2. The topological polar surface area (TPSA) is 110 Å². The molecule has 0 saturated heterocycles. The molecule has 138 valence electrons. The molecule has 0 aliphatic heterocycles. The van der Waals surface area contributed by atoms with Gasteiger partial charge in [-0.2, -0.15) is 13.2 Å². The Bertz CT molecular complexity index is 832. The second kappa shape index (κ2) is 7.38. The predicted octanol–water partition coefficient (Wildman–Crippen LogP) is 2.27. The standard InChI is InChI=1S/C16H16F3N5O2/c1-8-22-13(20)6-14(23-8)24-15(26)10-3-4-11(7-21-9(2)25)12(5-10)16(17,18)19/h3-6H,7H2,1-2H3,(H,21,25)(H3,20,22,23,24,26). The van der Waals surface area contributed by atoms with E-state index in [9.17, 15) is 22.8 Å². The fourth-order valence-corrected chi connectivity index (χ4v) is 2.20. The molecule has 0 atom stereocenters. The van der Waals surface area contributed by atoms with E-state index in [4.69, 9.17) is 5.73 Å². The lowest BCUT2D eigenvalue weighted by Gasteiger charge is -2.15. The van der Waals surface area contributed by atoms with Crippen LogP contribution in [0.5, 0.6) is 0 Å². The minimum Gasteiger partial charge on any atom is -0.384 e. The summed E-state index contributed by atoms with van der Waals surface area (Å²) >= 11 is 0. The van der Waals surface area contributed by atoms with E-state index >= 15 is 0 Å². The number of carbonyl (C=O) groups is 2. The number of rotatable bonds is 4. The molecule has 1 aromatic heterocycles. The summed E-state index contributed by atoms with van der Waals surface area (Å²) in [6.45, 7) is 2.46. The van der Waals surface area contributed by atoms with E-state index in [-0.39, 0.29) is 29.3 Å². The van der Waals surface area contributed by atoms with Crippen molar-refractivity contribution in [2.45, 2.75) is 26.6 Å². The van der Waals surface area contributed by atoms with E-state index in [1.165, 1.54) is 19.1 Å². The molecule has 1 heterocycles. The van der Waals surface area contributed by atoms with Gasteiger partial charge in [-0.3, -0.25) is 9.59 Å². The number of hydrogen-bond donors (Lipinski definition) is 3. The van der Waals surface area contributed by atoms with Gasteiger partial charge in [0.1, 0.15) is 17.5 Å². The number of hydrogen-bond acceptors (Lipinski definition) is 5. The molecule has 2 aromatic rings. The molecule has 4 N–H and O–H groups in total. The SMILES string of the molecule is CC(=O)NCc1ccc(C(=O)Nc2cc(N)nc(C)n2)cc1C(F)(F)F. The van der Waals surface area contributed by atoms with Gasteiger partial charge in [-0.1, -0.05) is 6.07 Å². The molecule has 0 aliphatic carbocycles. The Labute approximate surface area is 146 Å². The molecular weight excluding hydrogens is 351 g/mol. The zero-order chi connectivity index (χ0) is 19.5. The zero-order valence-corrected chi connectivity index (χ0v) is 13.9. The van der Waals surface area contributed by atoms with Gasteiger partial charge in [0.2, 0.25) is 5.91 Å². The molecule has 0 aliphatic rings. The Morgan fingerprint density at radius 2 is 1.88 bits per heavy atom. The summed E-state index contributed by atoms with van der Waals surface area (Å²) in [6, 6.07) is 4.40.